The van der Waals surface area contributed by atoms with E-state index in [-0.39, 0.29) is 48.6 Å². The number of hydrazine groups is 1. The molecule has 2 aromatic rings. The molecule has 2 heterocycles. The lowest BCUT2D eigenvalue weighted by Crippen LogP contribution is -2.66. The fourth-order valence-corrected chi connectivity index (χ4v) is 5.32. The molecule has 4 unspecified atom stereocenters. The first-order valence-corrected chi connectivity index (χ1v) is 11.3. The molecular weight excluding hydrogens is 433 g/mol. The van der Waals surface area contributed by atoms with Crippen LogP contribution >= 0.6 is 11.6 Å². The van der Waals surface area contributed by atoms with E-state index in [4.69, 9.17) is 11.6 Å². The Hall–Kier alpha value is -2.68. The van der Waals surface area contributed by atoms with Gasteiger partial charge in [-0.25, -0.2) is 19.6 Å². The minimum atomic E-state index is -0.373. The Kier molecular flexibility index (Phi) is 5.75. The molecule has 4 atom stereocenters. The quantitative estimate of drug-likeness (QED) is 0.652. The number of carbonyl (C=O) groups excluding carboxylic acids is 2. The average molecular weight is 458 g/mol. The molecule has 7 nitrogen and oxygen atoms in total. The van der Waals surface area contributed by atoms with Crippen LogP contribution < -0.4 is 16.1 Å². The van der Waals surface area contributed by atoms with Gasteiger partial charge in [0.05, 0.1) is 0 Å². The predicted octanol–water partition coefficient (Wildman–Crippen LogP) is 3.85. The number of halogens is 2. The van der Waals surface area contributed by atoms with Crippen LogP contribution in [-0.2, 0) is 4.79 Å². The number of rotatable bonds is 4. The lowest BCUT2D eigenvalue weighted by atomic mass is 9.80. The third kappa shape index (κ3) is 4.05. The van der Waals surface area contributed by atoms with Crippen molar-refractivity contribution in [3.05, 3.63) is 64.9 Å². The van der Waals surface area contributed by atoms with Crippen LogP contribution in [0.1, 0.15) is 37.4 Å². The van der Waals surface area contributed by atoms with Gasteiger partial charge in [-0.3, -0.25) is 10.1 Å². The van der Waals surface area contributed by atoms with E-state index in [0.29, 0.717) is 10.7 Å². The maximum absolute atomic E-state index is 13.7. The van der Waals surface area contributed by atoms with Crippen molar-refractivity contribution in [3.63, 3.8) is 0 Å². The van der Waals surface area contributed by atoms with Crippen molar-refractivity contribution in [2.45, 2.75) is 44.1 Å². The Bertz CT molecular complexity index is 1040. The third-order valence-electron chi connectivity index (χ3n) is 6.53. The van der Waals surface area contributed by atoms with E-state index in [1.54, 1.807) is 40.2 Å². The summed E-state index contributed by atoms with van der Waals surface area (Å²) in [7, 11) is 0. The van der Waals surface area contributed by atoms with Gasteiger partial charge in [-0.05, 0) is 48.7 Å². The lowest BCUT2D eigenvalue weighted by molar-refractivity contribution is -0.118. The number of hydrogen-bond donors (Lipinski definition) is 3. The van der Waals surface area contributed by atoms with Crippen molar-refractivity contribution in [1.82, 2.24) is 20.7 Å². The molecule has 1 saturated carbocycles. The smallest absolute Gasteiger partial charge is 0.324 e. The number of amides is 3. The second kappa shape index (κ2) is 8.69. The fraction of sp³-hybridized carbons (Fsp3) is 0.391. The van der Waals surface area contributed by atoms with Crippen LogP contribution in [0.3, 0.4) is 0 Å². The zero-order chi connectivity index (χ0) is 22.2. The molecule has 5 rings (SSSR count). The van der Waals surface area contributed by atoms with E-state index < -0.39 is 0 Å². The number of benzene rings is 2. The second-order valence-electron chi connectivity index (χ2n) is 8.58. The molecule has 32 heavy (non-hydrogen) atoms. The van der Waals surface area contributed by atoms with Gasteiger partial charge in [0.25, 0.3) is 0 Å². The molecule has 2 saturated heterocycles. The minimum absolute atomic E-state index is 0.0248. The first-order valence-electron chi connectivity index (χ1n) is 10.9. The molecule has 3 amide bonds. The van der Waals surface area contributed by atoms with E-state index in [9.17, 15) is 14.0 Å². The highest BCUT2D eigenvalue weighted by molar-refractivity contribution is 6.30. The van der Waals surface area contributed by atoms with Gasteiger partial charge < -0.3 is 10.2 Å². The summed E-state index contributed by atoms with van der Waals surface area (Å²) >= 11 is 6.01. The van der Waals surface area contributed by atoms with Gasteiger partial charge in [-0.2, -0.15) is 0 Å². The number of nitrogens with zero attached hydrogens (tertiary/aromatic N) is 2. The maximum Gasteiger partial charge on any atom is 0.336 e. The Morgan fingerprint density at radius 2 is 1.97 bits per heavy atom. The molecule has 3 N–H and O–H groups in total. The molecule has 9 heteroatoms. The van der Waals surface area contributed by atoms with Crippen molar-refractivity contribution in [2.75, 3.05) is 11.9 Å². The number of anilines is 1. The molecule has 168 valence electrons. The molecule has 0 bridgehead atoms. The number of fused-ring (bicyclic) bond motifs is 3. The molecule has 0 spiro atoms. The summed E-state index contributed by atoms with van der Waals surface area (Å²) in [6.07, 6.45) is 3.34. The first-order chi connectivity index (χ1) is 15.5. The molecule has 3 aliphatic rings. The standard InChI is InChI=1S/C23H25ClFN5O2/c24-15-6-4-8-17(12-15)26-20(31)13-29-19-10-2-1-9-18(19)22-27-21(28-30(22)23(29)32)14-5-3-7-16(25)11-14/h3-8,11-12,18-19,21-22,27-28H,1-2,9-10,13H2,(H,26,31). The summed E-state index contributed by atoms with van der Waals surface area (Å²) < 4.78 is 13.7. The van der Waals surface area contributed by atoms with Crippen LogP contribution in [0.4, 0.5) is 14.9 Å². The van der Waals surface area contributed by atoms with Crippen molar-refractivity contribution in [3.8, 4) is 0 Å². The van der Waals surface area contributed by atoms with Gasteiger partial charge in [0.2, 0.25) is 5.91 Å². The van der Waals surface area contributed by atoms with E-state index in [1.807, 2.05) is 6.07 Å². The Morgan fingerprint density at radius 3 is 2.78 bits per heavy atom. The van der Waals surface area contributed by atoms with Gasteiger partial charge in [0.15, 0.2) is 0 Å². The SMILES string of the molecule is O=C(CN1C(=O)N2NC(c3cccc(F)c3)NC2C2CCCCC21)Nc1cccc(Cl)c1. The monoisotopic (exact) mass is 457 g/mol. The summed E-state index contributed by atoms with van der Waals surface area (Å²) in [4.78, 5) is 27.9. The van der Waals surface area contributed by atoms with E-state index in [2.05, 4.69) is 16.1 Å². The van der Waals surface area contributed by atoms with Crippen molar-refractivity contribution < 1.29 is 14.0 Å². The van der Waals surface area contributed by atoms with Crippen molar-refractivity contribution >= 4 is 29.2 Å². The van der Waals surface area contributed by atoms with Crippen LogP contribution in [0.5, 0.6) is 0 Å². The fourth-order valence-electron chi connectivity index (χ4n) is 5.13. The third-order valence-corrected chi connectivity index (χ3v) is 6.76. The number of urea groups is 1. The van der Waals surface area contributed by atoms with E-state index in [0.717, 1.165) is 31.2 Å². The van der Waals surface area contributed by atoms with Crippen molar-refractivity contribution in [1.29, 1.82) is 0 Å². The minimum Gasteiger partial charge on any atom is -0.324 e. The zero-order valence-electron chi connectivity index (χ0n) is 17.4. The summed E-state index contributed by atoms with van der Waals surface area (Å²) in [5, 5.41) is 8.41. The van der Waals surface area contributed by atoms with Gasteiger partial charge in [-0.15, -0.1) is 0 Å². The normalized spacial score (nSPS) is 27.1. The molecule has 1 aliphatic carbocycles. The predicted molar refractivity (Wildman–Crippen MR) is 119 cm³/mol. The Morgan fingerprint density at radius 1 is 1.16 bits per heavy atom. The van der Waals surface area contributed by atoms with Gasteiger partial charge in [0.1, 0.15) is 24.7 Å². The molecule has 2 aromatic carbocycles. The number of carbonyl (C=O) groups is 2. The highest BCUT2D eigenvalue weighted by Gasteiger charge is 2.51. The van der Waals surface area contributed by atoms with Crippen LogP contribution in [0.25, 0.3) is 0 Å². The van der Waals surface area contributed by atoms with Crippen LogP contribution in [-0.4, -0.2) is 40.6 Å². The van der Waals surface area contributed by atoms with Crippen LogP contribution in [0, 0.1) is 11.7 Å². The maximum atomic E-state index is 13.7. The average Bonchev–Trinajstić information content (AvgIpc) is 3.23. The Balaban J connectivity index is 1.35. The van der Waals surface area contributed by atoms with Crippen molar-refractivity contribution in [2.24, 2.45) is 5.92 Å². The van der Waals surface area contributed by atoms with Gasteiger partial charge >= 0.3 is 6.03 Å². The van der Waals surface area contributed by atoms with E-state index in [1.165, 1.54) is 12.1 Å². The summed E-state index contributed by atoms with van der Waals surface area (Å²) in [5.74, 6) is -0.416. The molecule has 0 radical (unpaired) electrons. The molecule has 0 aromatic heterocycles. The summed E-state index contributed by atoms with van der Waals surface area (Å²) in [6, 6.07) is 13.0. The zero-order valence-corrected chi connectivity index (χ0v) is 18.2. The molecular formula is C23H25ClFN5O2. The number of nitrogens with one attached hydrogen (secondary N) is 3. The first kappa shape index (κ1) is 21.2. The Labute approximate surface area is 190 Å². The lowest BCUT2D eigenvalue weighted by Gasteiger charge is -2.49. The van der Waals surface area contributed by atoms with E-state index >= 15 is 0 Å². The summed E-state index contributed by atoms with van der Waals surface area (Å²) in [5.41, 5.74) is 4.52. The summed E-state index contributed by atoms with van der Waals surface area (Å²) in [6.45, 7) is -0.0396. The topological polar surface area (TPSA) is 76.7 Å². The van der Waals surface area contributed by atoms with Gasteiger partial charge in [0, 0.05) is 22.7 Å². The highest BCUT2D eigenvalue weighted by Crippen LogP contribution is 2.39. The van der Waals surface area contributed by atoms with Crippen LogP contribution in [0.2, 0.25) is 5.02 Å². The molecule has 2 aliphatic heterocycles. The number of hydrogen-bond acceptors (Lipinski definition) is 4. The second-order valence-corrected chi connectivity index (χ2v) is 9.02. The largest absolute Gasteiger partial charge is 0.336 e. The molecule has 3 fully saturated rings. The highest BCUT2D eigenvalue weighted by atomic mass is 35.5. The van der Waals surface area contributed by atoms with Crippen LogP contribution in [0.15, 0.2) is 48.5 Å². The van der Waals surface area contributed by atoms with Gasteiger partial charge in [-0.1, -0.05) is 42.6 Å².